The zero-order valence-electron chi connectivity index (χ0n) is 14.8. The van der Waals surface area contributed by atoms with Gasteiger partial charge in [-0.25, -0.2) is 8.42 Å². The number of ether oxygens (including phenoxy) is 1. The van der Waals surface area contributed by atoms with E-state index in [1.165, 1.54) is 35.4 Å². The molecule has 144 valence electrons. The molecule has 0 saturated heterocycles. The third-order valence-electron chi connectivity index (χ3n) is 4.49. The van der Waals surface area contributed by atoms with Crippen LogP contribution < -0.4 is 9.04 Å². The second kappa shape index (κ2) is 8.55. The van der Waals surface area contributed by atoms with Crippen molar-refractivity contribution >= 4 is 38.9 Å². The van der Waals surface area contributed by atoms with Crippen LogP contribution in [0.1, 0.15) is 25.7 Å². The van der Waals surface area contributed by atoms with E-state index in [2.05, 4.69) is 6.58 Å². The number of hydrogen-bond donors (Lipinski definition) is 0. The molecule has 2 aromatic carbocycles. The van der Waals surface area contributed by atoms with Crippen LogP contribution in [0.3, 0.4) is 0 Å². The highest BCUT2D eigenvalue weighted by Gasteiger charge is 2.27. The van der Waals surface area contributed by atoms with Crippen LogP contribution in [0, 0.1) is 0 Å². The van der Waals surface area contributed by atoms with Crippen LogP contribution in [0.5, 0.6) is 5.75 Å². The van der Waals surface area contributed by atoms with Gasteiger partial charge in [-0.2, -0.15) is 0 Å². The molecule has 1 aliphatic carbocycles. The predicted octanol–water partition coefficient (Wildman–Crippen LogP) is 5.70. The van der Waals surface area contributed by atoms with Crippen LogP contribution in [0.15, 0.2) is 60.0 Å². The quantitative estimate of drug-likeness (QED) is 0.534. The van der Waals surface area contributed by atoms with E-state index < -0.39 is 10.0 Å². The Morgan fingerprint density at radius 2 is 1.78 bits per heavy atom. The van der Waals surface area contributed by atoms with Crippen LogP contribution in [-0.2, 0) is 10.0 Å². The summed E-state index contributed by atoms with van der Waals surface area (Å²) in [7, 11) is -3.90. The number of rotatable bonds is 7. The number of hydrogen-bond acceptors (Lipinski definition) is 3. The fourth-order valence-electron chi connectivity index (χ4n) is 3.14. The molecule has 1 fully saturated rings. The molecule has 0 bridgehead atoms. The van der Waals surface area contributed by atoms with E-state index in [1.807, 2.05) is 0 Å². The predicted molar refractivity (Wildman–Crippen MR) is 111 cm³/mol. The lowest BCUT2D eigenvalue weighted by Gasteiger charge is -2.24. The summed E-state index contributed by atoms with van der Waals surface area (Å²) in [5.41, 5.74) is 0.504. The maximum Gasteiger partial charge on any atom is 0.266 e. The van der Waals surface area contributed by atoms with Crippen molar-refractivity contribution in [2.24, 2.45) is 0 Å². The van der Waals surface area contributed by atoms with E-state index in [0.717, 1.165) is 18.6 Å². The topological polar surface area (TPSA) is 46.6 Å². The van der Waals surface area contributed by atoms with Gasteiger partial charge in [-0.05, 0) is 68.1 Å². The summed E-state index contributed by atoms with van der Waals surface area (Å²) in [4.78, 5) is -0.0372. The third-order valence-corrected chi connectivity index (χ3v) is 7.00. The summed E-state index contributed by atoms with van der Waals surface area (Å²) in [6, 6.07) is 11.4. The molecule has 0 unspecified atom stereocenters. The van der Waals surface area contributed by atoms with E-state index in [9.17, 15) is 8.42 Å². The molecule has 0 N–H and O–H groups in total. The van der Waals surface area contributed by atoms with Gasteiger partial charge in [-0.3, -0.25) is 4.31 Å². The number of benzene rings is 2. The van der Waals surface area contributed by atoms with Crippen LogP contribution in [0.25, 0.3) is 0 Å². The minimum atomic E-state index is -3.90. The fourth-order valence-corrected chi connectivity index (χ4v) is 5.32. The highest BCUT2D eigenvalue weighted by atomic mass is 35.5. The highest BCUT2D eigenvalue weighted by molar-refractivity contribution is 7.93. The van der Waals surface area contributed by atoms with Gasteiger partial charge in [0.1, 0.15) is 10.6 Å². The average Bonchev–Trinajstić information content (AvgIpc) is 3.15. The molecule has 0 amide bonds. The van der Waals surface area contributed by atoms with Crippen molar-refractivity contribution in [3.63, 3.8) is 0 Å². The summed E-state index contributed by atoms with van der Waals surface area (Å²) in [6.07, 6.45) is 6.27. The lowest BCUT2D eigenvalue weighted by atomic mass is 10.2. The SMILES string of the molecule is C=CCN(c1ccc(OC2CCCC2)cc1)S(=O)(=O)c1cc(Cl)ccc1Cl. The van der Waals surface area contributed by atoms with Gasteiger partial charge < -0.3 is 4.74 Å². The first kappa shape index (κ1) is 20.1. The lowest BCUT2D eigenvalue weighted by molar-refractivity contribution is 0.210. The zero-order valence-corrected chi connectivity index (χ0v) is 17.1. The van der Waals surface area contributed by atoms with Crippen molar-refractivity contribution in [2.75, 3.05) is 10.8 Å². The Bertz CT molecular complexity index is 907. The fraction of sp³-hybridized carbons (Fsp3) is 0.300. The molecule has 27 heavy (non-hydrogen) atoms. The van der Waals surface area contributed by atoms with Crippen LogP contribution in [0.2, 0.25) is 10.0 Å². The normalized spacial score (nSPS) is 14.9. The van der Waals surface area contributed by atoms with E-state index in [4.69, 9.17) is 27.9 Å². The molecule has 2 aromatic rings. The highest BCUT2D eigenvalue weighted by Crippen LogP contribution is 2.32. The van der Waals surface area contributed by atoms with Crippen molar-refractivity contribution in [1.82, 2.24) is 0 Å². The van der Waals surface area contributed by atoms with Crippen molar-refractivity contribution in [3.05, 3.63) is 65.2 Å². The van der Waals surface area contributed by atoms with Gasteiger partial charge >= 0.3 is 0 Å². The first-order valence-corrected chi connectivity index (χ1v) is 11.0. The second-order valence-corrected chi connectivity index (χ2v) is 9.09. The molecule has 0 aromatic heterocycles. The van der Waals surface area contributed by atoms with Gasteiger partial charge in [0.25, 0.3) is 10.0 Å². The van der Waals surface area contributed by atoms with Crippen LogP contribution >= 0.6 is 23.2 Å². The molecule has 0 heterocycles. The maximum atomic E-state index is 13.2. The van der Waals surface area contributed by atoms with E-state index in [0.29, 0.717) is 10.7 Å². The Morgan fingerprint density at radius 3 is 2.41 bits per heavy atom. The van der Waals surface area contributed by atoms with Gasteiger partial charge in [-0.1, -0.05) is 29.3 Å². The van der Waals surface area contributed by atoms with Gasteiger partial charge in [0.15, 0.2) is 0 Å². The van der Waals surface area contributed by atoms with Crippen LogP contribution in [-0.4, -0.2) is 21.1 Å². The molecule has 1 aliphatic rings. The van der Waals surface area contributed by atoms with Crippen molar-refractivity contribution < 1.29 is 13.2 Å². The first-order valence-electron chi connectivity index (χ1n) is 8.77. The molecule has 0 atom stereocenters. The minimum absolute atomic E-state index is 0.0372. The third kappa shape index (κ3) is 4.60. The minimum Gasteiger partial charge on any atom is -0.490 e. The van der Waals surface area contributed by atoms with E-state index in [-0.39, 0.29) is 22.6 Å². The van der Waals surface area contributed by atoms with E-state index >= 15 is 0 Å². The van der Waals surface area contributed by atoms with Gasteiger partial charge in [0.2, 0.25) is 0 Å². The Labute approximate surface area is 170 Å². The van der Waals surface area contributed by atoms with Crippen molar-refractivity contribution in [1.29, 1.82) is 0 Å². The summed E-state index contributed by atoms with van der Waals surface area (Å²) < 4.78 is 33.5. The molecule has 0 radical (unpaired) electrons. The molecule has 3 rings (SSSR count). The van der Waals surface area contributed by atoms with Gasteiger partial charge in [-0.15, -0.1) is 6.58 Å². The van der Waals surface area contributed by atoms with E-state index in [1.54, 1.807) is 30.3 Å². The lowest BCUT2D eigenvalue weighted by Crippen LogP contribution is -2.31. The standard InChI is InChI=1S/C20H21Cl2NO3S/c1-2-13-23(27(24,25)20-14-15(21)7-12-19(20)22)16-8-10-18(11-9-16)26-17-5-3-4-6-17/h2,7-12,14,17H,1,3-6,13H2. The number of nitrogens with zero attached hydrogens (tertiary/aromatic N) is 1. The van der Waals surface area contributed by atoms with Crippen molar-refractivity contribution in [3.8, 4) is 5.75 Å². The zero-order chi connectivity index (χ0) is 19.4. The summed E-state index contributed by atoms with van der Waals surface area (Å²) >= 11 is 12.1. The molecule has 7 heteroatoms. The number of sulfonamides is 1. The average molecular weight is 426 g/mol. The Kier molecular flexibility index (Phi) is 6.35. The Morgan fingerprint density at radius 1 is 1.11 bits per heavy atom. The molecule has 0 aliphatic heterocycles. The summed E-state index contributed by atoms with van der Waals surface area (Å²) in [6.45, 7) is 3.77. The van der Waals surface area contributed by atoms with Crippen molar-refractivity contribution in [2.45, 2.75) is 36.7 Å². The summed E-state index contributed by atoms with van der Waals surface area (Å²) in [5.74, 6) is 0.738. The number of anilines is 1. The maximum absolute atomic E-state index is 13.2. The monoisotopic (exact) mass is 425 g/mol. The number of halogens is 2. The molecule has 0 spiro atoms. The van der Waals surface area contributed by atoms with Crippen LogP contribution in [0.4, 0.5) is 5.69 Å². The molecule has 1 saturated carbocycles. The molecular formula is C20H21Cl2NO3S. The second-order valence-electron chi connectivity index (χ2n) is 6.42. The summed E-state index contributed by atoms with van der Waals surface area (Å²) in [5, 5.41) is 0.423. The smallest absolute Gasteiger partial charge is 0.266 e. The molecular weight excluding hydrogens is 405 g/mol. The molecule has 4 nitrogen and oxygen atoms in total. The Hall–Kier alpha value is -1.69. The van der Waals surface area contributed by atoms with Gasteiger partial charge in [0, 0.05) is 5.02 Å². The first-order chi connectivity index (χ1) is 12.9. The largest absolute Gasteiger partial charge is 0.490 e. The Balaban J connectivity index is 1.90. The van der Waals surface area contributed by atoms with Gasteiger partial charge in [0.05, 0.1) is 23.4 Å².